The first-order chi connectivity index (χ1) is 8.88. The summed E-state index contributed by atoms with van der Waals surface area (Å²) >= 11 is 0. The fourth-order valence-corrected chi connectivity index (χ4v) is 2.64. The Balaban J connectivity index is 2.97. The molecule has 0 fully saturated rings. The van der Waals surface area contributed by atoms with Gasteiger partial charge < -0.3 is 10.2 Å². The first kappa shape index (κ1) is 16.0. The molecule has 1 N–H and O–H groups in total. The van der Waals surface area contributed by atoms with Gasteiger partial charge in [0.1, 0.15) is 5.82 Å². The third-order valence-electron chi connectivity index (χ3n) is 3.67. The average Bonchev–Trinajstić information content (AvgIpc) is 2.59. The third kappa shape index (κ3) is 3.96. The van der Waals surface area contributed by atoms with Gasteiger partial charge in [-0.15, -0.1) is 0 Å². The minimum absolute atomic E-state index is 0.523. The molecule has 0 saturated heterocycles. The Morgan fingerprint density at radius 1 is 1.32 bits per heavy atom. The smallest absolute Gasteiger partial charge is 0.131 e. The topological polar surface area (TPSA) is 33.1 Å². The first-order valence-corrected chi connectivity index (χ1v) is 7.34. The van der Waals surface area contributed by atoms with Crippen LogP contribution in [0.25, 0.3) is 0 Å². The molecule has 1 rings (SSSR count). The molecular weight excluding hydrogens is 236 g/mol. The van der Waals surface area contributed by atoms with E-state index in [0.29, 0.717) is 12.0 Å². The second-order valence-corrected chi connectivity index (χ2v) is 5.88. The Morgan fingerprint density at radius 2 is 1.95 bits per heavy atom. The van der Waals surface area contributed by atoms with Crippen LogP contribution in [0.4, 0.5) is 5.82 Å². The van der Waals surface area contributed by atoms with Crippen molar-refractivity contribution in [3.63, 3.8) is 0 Å². The zero-order valence-corrected chi connectivity index (χ0v) is 13.6. The summed E-state index contributed by atoms with van der Waals surface area (Å²) < 4.78 is 2.01. The standard InChI is InChI=1S/C15H30N4/c1-8-16-10-14-13(5)17-19(7)15(14)18(6)12(4)9-11(2)3/h11-12,16H,8-10H2,1-7H3. The predicted molar refractivity (Wildman–Crippen MR) is 82.6 cm³/mol. The minimum Gasteiger partial charge on any atom is -0.357 e. The summed E-state index contributed by atoms with van der Waals surface area (Å²) in [5, 5.41) is 8.00. The van der Waals surface area contributed by atoms with Gasteiger partial charge in [-0.2, -0.15) is 5.10 Å². The number of aryl methyl sites for hydroxylation is 2. The van der Waals surface area contributed by atoms with E-state index in [2.05, 4.69) is 57.0 Å². The zero-order chi connectivity index (χ0) is 14.6. The molecule has 4 heteroatoms. The van der Waals surface area contributed by atoms with Crippen LogP contribution in [0.2, 0.25) is 0 Å². The van der Waals surface area contributed by atoms with Crippen molar-refractivity contribution < 1.29 is 0 Å². The molecule has 0 aliphatic rings. The molecule has 0 amide bonds. The highest BCUT2D eigenvalue weighted by Crippen LogP contribution is 2.25. The largest absolute Gasteiger partial charge is 0.357 e. The molecule has 110 valence electrons. The highest BCUT2D eigenvalue weighted by atomic mass is 15.4. The molecule has 4 nitrogen and oxygen atoms in total. The molecule has 19 heavy (non-hydrogen) atoms. The number of aromatic nitrogens is 2. The van der Waals surface area contributed by atoms with Crippen LogP contribution in [0.3, 0.4) is 0 Å². The maximum absolute atomic E-state index is 4.58. The first-order valence-electron chi connectivity index (χ1n) is 7.34. The van der Waals surface area contributed by atoms with E-state index in [1.807, 2.05) is 11.7 Å². The molecule has 1 heterocycles. The van der Waals surface area contributed by atoms with Crippen LogP contribution in [-0.4, -0.2) is 29.4 Å². The van der Waals surface area contributed by atoms with Crippen molar-refractivity contribution in [3.05, 3.63) is 11.3 Å². The van der Waals surface area contributed by atoms with Crippen molar-refractivity contribution in [3.8, 4) is 0 Å². The normalized spacial score (nSPS) is 13.1. The van der Waals surface area contributed by atoms with Crippen LogP contribution < -0.4 is 10.2 Å². The van der Waals surface area contributed by atoms with Crippen molar-refractivity contribution >= 4 is 5.82 Å². The second-order valence-electron chi connectivity index (χ2n) is 5.88. The lowest BCUT2D eigenvalue weighted by molar-refractivity contribution is 0.496. The number of hydrogen-bond acceptors (Lipinski definition) is 3. The monoisotopic (exact) mass is 266 g/mol. The lowest BCUT2D eigenvalue weighted by atomic mass is 10.0. The van der Waals surface area contributed by atoms with E-state index in [0.717, 1.165) is 18.8 Å². The number of anilines is 1. The van der Waals surface area contributed by atoms with E-state index in [4.69, 9.17) is 0 Å². The van der Waals surface area contributed by atoms with Gasteiger partial charge in [0.05, 0.1) is 5.69 Å². The zero-order valence-electron chi connectivity index (χ0n) is 13.6. The van der Waals surface area contributed by atoms with Gasteiger partial charge in [-0.05, 0) is 32.7 Å². The summed E-state index contributed by atoms with van der Waals surface area (Å²) in [7, 11) is 4.22. The predicted octanol–water partition coefficient (Wildman–Crippen LogP) is 2.71. The van der Waals surface area contributed by atoms with Gasteiger partial charge in [-0.3, -0.25) is 4.68 Å². The molecular formula is C15H30N4. The van der Waals surface area contributed by atoms with Gasteiger partial charge >= 0.3 is 0 Å². The van der Waals surface area contributed by atoms with Crippen LogP contribution >= 0.6 is 0 Å². The molecule has 0 aliphatic heterocycles. The Hall–Kier alpha value is -1.03. The average molecular weight is 266 g/mol. The highest BCUT2D eigenvalue weighted by molar-refractivity contribution is 5.50. The fraction of sp³-hybridized carbons (Fsp3) is 0.800. The van der Waals surface area contributed by atoms with Gasteiger partial charge in [0, 0.05) is 32.2 Å². The number of nitrogens with one attached hydrogen (secondary N) is 1. The SMILES string of the molecule is CCNCc1c(C)nn(C)c1N(C)C(C)CC(C)C. The van der Waals surface area contributed by atoms with Gasteiger partial charge in [-0.1, -0.05) is 20.8 Å². The van der Waals surface area contributed by atoms with Gasteiger partial charge in [0.25, 0.3) is 0 Å². The maximum Gasteiger partial charge on any atom is 0.131 e. The summed E-state index contributed by atoms with van der Waals surface area (Å²) in [6.45, 7) is 13.0. The molecule has 1 aromatic rings. The van der Waals surface area contributed by atoms with Crippen LogP contribution in [0.15, 0.2) is 0 Å². The molecule has 0 bridgehead atoms. The number of nitrogens with zero attached hydrogens (tertiary/aromatic N) is 3. The molecule has 0 saturated carbocycles. The minimum atomic E-state index is 0.523. The van der Waals surface area contributed by atoms with E-state index in [9.17, 15) is 0 Å². The van der Waals surface area contributed by atoms with E-state index in [1.165, 1.54) is 17.8 Å². The summed E-state index contributed by atoms with van der Waals surface area (Å²) in [4.78, 5) is 2.37. The fourth-order valence-electron chi connectivity index (χ4n) is 2.64. The van der Waals surface area contributed by atoms with Crippen molar-refractivity contribution in [1.82, 2.24) is 15.1 Å². The lowest BCUT2D eigenvalue weighted by Crippen LogP contribution is -2.32. The highest BCUT2D eigenvalue weighted by Gasteiger charge is 2.20. The van der Waals surface area contributed by atoms with Crippen molar-refractivity contribution in [2.24, 2.45) is 13.0 Å². The van der Waals surface area contributed by atoms with E-state index < -0.39 is 0 Å². The maximum atomic E-state index is 4.58. The van der Waals surface area contributed by atoms with E-state index in [1.54, 1.807) is 0 Å². The van der Waals surface area contributed by atoms with Crippen molar-refractivity contribution in [2.75, 3.05) is 18.5 Å². The van der Waals surface area contributed by atoms with Crippen LogP contribution in [0.1, 0.15) is 45.4 Å². The lowest BCUT2D eigenvalue weighted by Gasteiger charge is -2.29. The Morgan fingerprint density at radius 3 is 2.47 bits per heavy atom. The summed E-state index contributed by atoms with van der Waals surface area (Å²) in [6.07, 6.45) is 1.20. The van der Waals surface area contributed by atoms with Crippen LogP contribution in [-0.2, 0) is 13.6 Å². The molecule has 1 unspecified atom stereocenters. The summed E-state index contributed by atoms with van der Waals surface area (Å²) in [5.41, 5.74) is 2.45. The van der Waals surface area contributed by atoms with E-state index >= 15 is 0 Å². The number of rotatable bonds is 7. The Labute approximate surface area is 118 Å². The molecule has 0 radical (unpaired) electrons. The quantitative estimate of drug-likeness (QED) is 0.824. The third-order valence-corrected chi connectivity index (χ3v) is 3.67. The van der Waals surface area contributed by atoms with E-state index in [-0.39, 0.29) is 0 Å². The number of hydrogen-bond donors (Lipinski definition) is 1. The van der Waals surface area contributed by atoms with Crippen LogP contribution in [0, 0.1) is 12.8 Å². The Bertz CT molecular complexity index is 395. The van der Waals surface area contributed by atoms with Gasteiger partial charge in [0.2, 0.25) is 0 Å². The van der Waals surface area contributed by atoms with Gasteiger partial charge in [-0.25, -0.2) is 0 Å². The molecule has 0 spiro atoms. The van der Waals surface area contributed by atoms with Crippen LogP contribution in [0.5, 0.6) is 0 Å². The molecule has 0 aromatic carbocycles. The van der Waals surface area contributed by atoms with Crippen molar-refractivity contribution in [1.29, 1.82) is 0 Å². The molecule has 0 aliphatic carbocycles. The molecule has 1 atom stereocenters. The molecule has 1 aromatic heterocycles. The Kier molecular flexibility index (Phi) is 5.85. The second kappa shape index (κ2) is 6.94. The van der Waals surface area contributed by atoms with Gasteiger partial charge in [0.15, 0.2) is 0 Å². The summed E-state index contributed by atoms with van der Waals surface area (Å²) in [6, 6.07) is 0.523. The van der Waals surface area contributed by atoms with Crippen molar-refractivity contribution in [2.45, 2.75) is 53.6 Å². The summed E-state index contributed by atoms with van der Waals surface area (Å²) in [5.74, 6) is 1.95.